The predicted molar refractivity (Wildman–Crippen MR) is 119 cm³/mol. The molecule has 0 unspecified atom stereocenters. The number of nitrogens with two attached hydrogens (primary N) is 1. The first-order valence-corrected chi connectivity index (χ1v) is 10.4. The van der Waals surface area contributed by atoms with E-state index in [1.165, 1.54) is 42.2 Å². The van der Waals surface area contributed by atoms with Gasteiger partial charge >= 0.3 is 12.4 Å². The van der Waals surface area contributed by atoms with Crippen molar-refractivity contribution in [1.29, 1.82) is 0 Å². The van der Waals surface area contributed by atoms with Gasteiger partial charge in [-0.2, -0.15) is 31.4 Å². The number of benzene rings is 3. The highest BCUT2D eigenvalue weighted by molar-refractivity contribution is 8.13. The fraction of sp³-hybridized carbons (Fsp3) is 0.130. The Balaban J connectivity index is 1.73. The first kappa shape index (κ1) is 24.4. The average molecular weight is 481 g/mol. The summed E-state index contributed by atoms with van der Waals surface area (Å²) >= 11 is 1.30. The van der Waals surface area contributed by atoms with Gasteiger partial charge in [0.05, 0.1) is 17.3 Å². The summed E-state index contributed by atoms with van der Waals surface area (Å²) in [6, 6.07) is 16.9. The molecule has 3 rings (SSSR count). The molecule has 0 aliphatic heterocycles. The Hall–Kier alpha value is -3.27. The van der Waals surface area contributed by atoms with E-state index in [4.69, 9.17) is 5.73 Å². The van der Waals surface area contributed by atoms with E-state index in [0.717, 1.165) is 5.56 Å². The number of rotatable bonds is 5. The van der Waals surface area contributed by atoms with E-state index in [-0.39, 0.29) is 22.4 Å². The Bertz CT molecular complexity index is 1110. The van der Waals surface area contributed by atoms with E-state index >= 15 is 0 Å². The van der Waals surface area contributed by atoms with Gasteiger partial charge in [0.15, 0.2) is 5.17 Å². The van der Waals surface area contributed by atoms with Crippen molar-refractivity contribution in [2.24, 2.45) is 15.9 Å². The lowest BCUT2D eigenvalue weighted by atomic mass is 9.98. The van der Waals surface area contributed by atoms with Crippen LogP contribution in [-0.4, -0.2) is 11.4 Å². The smallest absolute Gasteiger partial charge is 0.377 e. The number of hydrogen-bond acceptors (Lipinski definition) is 3. The molecular weight excluding hydrogens is 464 g/mol. The maximum atomic E-state index is 13.1. The molecule has 0 fully saturated rings. The number of thioether (sulfide) groups is 1. The molecular formula is C23H17F6N3S. The third-order valence-corrected chi connectivity index (χ3v) is 5.28. The minimum Gasteiger partial charge on any atom is -0.377 e. The van der Waals surface area contributed by atoms with Crippen LogP contribution >= 0.6 is 11.8 Å². The molecule has 0 aliphatic carbocycles. The van der Waals surface area contributed by atoms with E-state index in [2.05, 4.69) is 10.2 Å². The summed E-state index contributed by atoms with van der Waals surface area (Å²) in [5.41, 5.74) is 4.69. The lowest BCUT2D eigenvalue weighted by Crippen LogP contribution is -2.11. The van der Waals surface area contributed by atoms with E-state index in [9.17, 15) is 26.3 Å². The Kier molecular flexibility index (Phi) is 7.47. The number of halogens is 6. The van der Waals surface area contributed by atoms with Crippen molar-refractivity contribution in [3.05, 3.63) is 95.1 Å². The molecule has 0 bridgehead atoms. The molecule has 0 aromatic heterocycles. The third-order valence-electron chi connectivity index (χ3n) is 4.42. The molecule has 0 atom stereocenters. The van der Waals surface area contributed by atoms with Crippen LogP contribution in [0.25, 0.3) is 11.1 Å². The van der Waals surface area contributed by atoms with Crippen molar-refractivity contribution >= 4 is 23.1 Å². The molecule has 172 valence electrons. The van der Waals surface area contributed by atoms with Gasteiger partial charge < -0.3 is 5.73 Å². The molecule has 0 heterocycles. The molecule has 0 aliphatic rings. The first-order valence-electron chi connectivity index (χ1n) is 9.45. The Morgan fingerprint density at radius 2 is 1.36 bits per heavy atom. The van der Waals surface area contributed by atoms with E-state index in [1.807, 2.05) is 30.3 Å². The summed E-state index contributed by atoms with van der Waals surface area (Å²) in [7, 11) is 0. The van der Waals surface area contributed by atoms with Gasteiger partial charge in [-0.05, 0) is 40.5 Å². The van der Waals surface area contributed by atoms with Gasteiger partial charge in [-0.3, -0.25) is 0 Å². The molecule has 3 nitrogen and oxygen atoms in total. The molecule has 0 saturated heterocycles. The second kappa shape index (κ2) is 10.1. The van der Waals surface area contributed by atoms with Crippen LogP contribution < -0.4 is 5.73 Å². The minimum atomic E-state index is -4.90. The fourth-order valence-electron chi connectivity index (χ4n) is 2.80. The Morgan fingerprint density at radius 1 is 0.788 bits per heavy atom. The molecule has 0 radical (unpaired) electrons. The van der Waals surface area contributed by atoms with Crippen molar-refractivity contribution in [2.45, 2.75) is 18.1 Å². The molecule has 33 heavy (non-hydrogen) atoms. The van der Waals surface area contributed by atoms with Crippen molar-refractivity contribution < 1.29 is 26.3 Å². The van der Waals surface area contributed by atoms with E-state index in [1.54, 1.807) is 0 Å². The number of nitrogens with zero attached hydrogens (tertiary/aromatic N) is 2. The zero-order chi connectivity index (χ0) is 24.1. The van der Waals surface area contributed by atoms with Crippen LogP contribution in [-0.2, 0) is 18.1 Å². The Morgan fingerprint density at radius 3 is 1.91 bits per heavy atom. The van der Waals surface area contributed by atoms with Crippen molar-refractivity contribution in [1.82, 2.24) is 0 Å². The van der Waals surface area contributed by atoms with Crippen LogP contribution in [0.4, 0.5) is 26.3 Å². The highest BCUT2D eigenvalue weighted by atomic mass is 32.2. The third kappa shape index (κ3) is 7.11. The topological polar surface area (TPSA) is 50.7 Å². The molecule has 3 aromatic carbocycles. The normalized spacial score (nSPS) is 13.0. The SMILES string of the molecule is NC(=NN=Cc1ccc(-c2cc(C(F)(F)F)cc(C(F)(F)F)c2)cc1)SCc1ccccc1. The molecule has 10 heteroatoms. The summed E-state index contributed by atoms with van der Waals surface area (Å²) in [5.74, 6) is 0.622. The van der Waals surface area contributed by atoms with Crippen LogP contribution in [0.1, 0.15) is 22.3 Å². The van der Waals surface area contributed by atoms with Gasteiger partial charge in [-0.15, -0.1) is 5.10 Å². The Labute approximate surface area is 190 Å². The standard InChI is InChI=1S/C23H17F6N3S/c24-22(25,26)19-10-18(11-20(12-19)23(27,28)29)17-8-6-15(7-9-17)13-31-32-21(30)33-14-16-4-2-1-3-5-16/h1-13H,14H2,(H2,30,32). The van der Waals surface area contributed by atoms with Gasteiger partial charge in [-0.25, -0.2) is 0 Å². The highest BCUT2D eigenvalue weighted by Gasteiger charge is 2.36. The number of hydrogen-bond donors (Lipinski definition) is 1. The van der Waals surface area contributed by atoms with Gasteiger partial charge in [0, 0.05) is 5.75 Å². The number of alkyl halides is 6. The van der Waals surface area contributed by atoms with Crippen LogP contribution in [0.15, 0.2) is 83.0 Å². The van der Waals surface area contributed by atoms with Gasteiger partial charge in [0.25, 0.3) is 0 Å². The van der Waals surface area contributed by atoms with Gasteiger partial charge in [-0.1, -0.05) is 66.4 Å². The van der Waals surface area contributed by atoms with Gasteiger partial charge in [0.1, 0.15) is 0 Å². The highest BCUT2D eigenvalue weighted by Crippen LogP contribution is 2.38. The van der Waals surface area contributed by atoms with Crippen molar-refractivity contribution in [2.75, 3.05) is 0 Å². The average Bonchev–Trinajstić information content (AvgIpc) is 2.77. The fourth-order valence-corrected chi connectivity index (χ4v) is 3.41. The quantitative estimate of drug-likeness (QED) is 0.185. The molecule has 0 amide bonds. The van der Waals surface area contributed by atoms with E-state index < -0.39 is 23.5 Å². The second-order valence-electron chi connectivity index (χ2n) is 6.87. The zero-order valence-corrected chi connectivity index (χ0v) is 17.7. The van der Waals surface area contributed by atoms with Crippen LogP contribution in [0.5, 0.6) is 0 Å². The predicted octanol–water partition coefficient (Wildman–Crippen LogP) is 6.97. The van der Waals surface area contributed by atoms with Crippen molar-refractivity contribution in [3.8, 4) is 11.1 Å². The molecule has 3 aromatic rings. The molecule has 2 N–H and O–H groups in total. The second-order valence-corrected chi connectivity index (χ2v) is 7.87. The summed E-state index contributed by atoms with van der Waals surface area (Å²) in [6.45, 7) is 0. The number of amidine groups is 1. The first-order chi connectivity index (χ1) is 15.5. The van der Waals surface area contributed by atoms with Crippen LogP contribution in [0, 0.1) is 0 Å². The maximum Gasteiger partial charge on any atom is 0.416 e. The summed E-state index contributed by atoms with van der Waals surface area (Å²) in [4.78, 5) is 0. The molecule has 0 saturated carbocycles. The lowest BCUT2D eigenvalue weighted by Gasteiger charge is -2.14. The minimum absolute atomic E-state index is 0.0999. The van der Waals surface area contributed by atoms with Gasteiger partial charge in [0.2, 0.25) is 0 Å². The van der Waals surface area contributed by atoms with E-state index in [0.29, 0.717) is 23.4 Å². The summed E-state index contributed by atoms with van der Waals surface area (Å²) < 4.78 is 78.4. The molecule has 0 spiro atoms. The van der Waals surface area contributed by atoms with Crippen LogP contribution in [0.3, 0.4) is 0 Å². The lowest BCUT2D eigenvalue weighted by molar-refractivity contribution is -0.143. The monoisotopic (exact) mass is 481 g/mol. The maximum absolute atomic E-state index is 13.1. The van der Waals surface area contributed by atoms with Crippen molar-refractivity contribution in [3.63, 3.8) is 0 Å². The van der Waals surface area contributed by atoms with Crippen LogP contribution in [0.2, 0.25) is 0 Å². The zero-order valence-electron chi connectivity index (χ0n) is 16.9. The largest absolute Gasteiger partial charge is 0.416 e. The summed E-state index contributed by atoms with van der Waals surface area (Å²) in [6.07, 6.45) is -8.43. The summed E-state index contributed by atoms with van der Waals surface area (Å²) in [5, 5.41) is 7.98.